The summed E-state index contributed by atoms with van der Waals surface area (Å²) in [6.45, 7) is 0.439. The van der Waals surface area contributed by atoms with Crippen molar-refractivity contribution < 1.29 is 13.9 Å². The number of hydrogen-bond donors (Lipinski definition) is 0. The minimum atomic E-state index is -0.347. The van der Waals surface area contributed by atoms with Gasteiger partial charge in [0.15, 0.2) is 11.0 Å². The first-order chi connectivity index (χ1) is 9.66. The number of nitrogens with zero attached hydrogens (tertiary/aromatic N) is 3. The number of aromatic nitrogens is 3. The summed E-state index contributed by atoms with van der Waals surface area (Å²) in [6.07, 6.45) is 0.658. The van der Waals surface area contributed by atoms with Crippen LogP contribution in [0.2, 0.25) is 0 Å². The van der Waals surface area contributed by atoms with E-state index < -0.39 is 0 Å². The van der Waals surface area contributed by atoms with Gasteiger partial charge < -0.3 is 9.30 Å². The van der Waals surface area contributed by atoms with Crippen LogP contribution in [-0.4, -0.2) is 32.6 Å². The second-order valence-corrected chi connectivity index (χ2v) is 5.58. The average molecular weight is 293 g/mol. The van der Waals surface area contributed by atoms with Crippen molar-refractivity contribution in [3.63, 3.8) is 0 Å². The van der Waals surface area contributed by atoms with Crippen LogP contribution in [0.1, 0.15) is 6.42 Å². The van der Waals surface area contributed by atoms with Crippen LogP contribution >= 0.6 is 11.8 Å². The Morgan fingerprint density at radius 2 is 2.20 bits per heavy atom. The van der Waals surface area contributed by atoms with Crippen molar-refractivity contribution in [2.24, 2.45) is 7.05 Å². The van der Waals surface area contributed by atoms with Crippen LogP contribution in [0.3, 0.4) is 0 Å². The number of rotatable bonds is 3. The smallest absolute Gasteiger partial charge is 0.319 e. The molecule has 5 nitrogen and oxygen atoms in total. The first kappa shape index (κ1) is 13.1. The van der Waals surface area contributed by atoms with E-state index >= 15 is 0 Å². The summed E-state index contributed by atoms with van der Waals surface area (Å²) in [6, 6.07) is 6.40. The average Bonchev–Trinajstić information content (AvgIpc) is 2.99. The van der Waals surface area contributed by atoms with Crippen LogP contribution < -0.4 is 0 Å². The second-order valence-electron chi connectivity index (χ2n) is 4.41. The number of cyclic esters (lactones) is 1. The third-order valence-corrected chi connectivity index (χ3v) is 4.36. The highest BCUT2D eigenvalue weighted by Gasteiger charge is 2.29. The molecule has 1 fully saturated rings. The highest BCUT2D eigenvalue weighted by molar-refractivity contribution is 8.00. The van der Waals surface area contributed by atoms with Gasteiger partial charge in [-0.1, -0.05) is 23.9 Å². The maximum Gasteiger partial charge on any atom is 0.319 e. The fourth-order valence-electron chi connectivity index (χ4n) is 2.01. The lowest BCUT2D eigenvalue weighted by molar-refractivity contribution is -0.137. The van der Waals surface area contributed by atoms with E-state index in [0.29, 0.717) is 29.6 Å². The van der Waals surface area contributed by atoms with Gasteiger partial charge in [-0.3, -0.25) is 4.79 Å². The van der Waals surface area contributed by atoms with Crippen molar-refractivity contribution in [2.45, 2.75) is 16.8 Å². The third kappa shape index (κ3) is 2.29. The highest BCUT2D eigenvalue weighted by atomic mass is 32.2. The van der Waals surface area contributed by atoms with E-state index in [2.05, 4.69) is 10.2 Å². The van der Waals surface area contributed by atoms with E-state index in [-0.39, 0.29) is 17.0 Å². The normalized spacial score (nSPS) is 18.3. The molecule has 0 bridgehead atoms. The van der Waals surface area contributed by atoms with Gasteiger partial charge in [-0.25, -0.2) is 4.39 Å². The molecular formula is C13H12FN3O2S. The summed E-state index contributed by atoms with van der Waals surface area (Å²) >= 11 is 1.30. The van der Waals surface area contributed by atoms with Crippen molar-refractivity contribution in [3.8, 4) is 11.4 Å². The van der Waals surface area contributed by atoms with Gasteiger partial charge in [-0.15, -0.1) is 10.2 Å². The summed E-state index contributed by atoms with van der Waals surface area (Å²) in [7, 11) is 1.75. The molecule has 7 heteroatoms. The Labute approximate surface area is 119 Å². The Balaban J connectivity index is 1.89. The molecule has 20 heavy (non-hydrogen) atoms. The first-order valence-electron chi connectivity index (χ1n) is 6.14. The lowest BCUT2D eigenvalue weighted by atomic mass is 10.2. The zero-order chi connectivity index (χ0) is 14.1. The van der Waals surface area contributed by atoms with Gasteiger partial charge in [0.05, 0.1) is 12.2 Å². The lowest BCUT2D eigenvalue weighted by Gasteiger charge is -2.06. The third-order valence-electron chi connectivity index (χ3n) is 3.08. The van der Waals surface area contributed by atoms with Gasteiger partial charge in [0, 0.05) is 13.5 Å². The van der Waals surface area contributed by atoms with Crippen molar-refractivity contribution in [1.29, 1.82) is 0 Å². The molecule has 1 saturated heterocycles. The molecule has 104 valence electrons. The summed E-state index contributed by atoms with van der Waals surface area (Å²) in [5.41, 5.74) is 0.392. The van der Waals surface area contributed by atoms with E-state index in [1.807, 2.05) is 0 Å². The molecule has 2 aromatic rings. The lowest BCUT2D eigenvalue weighted by Crippen LogP contribution is -2.10. The topological polar surface area (TPSA) is 57.0 Å². The Kier molecular flexibility index (Phi) is 3.43. The van der Waals surface area contributed by atoms with Gasteiger partial charge >= 0.3 is 5.97 Å². The molecule has 0 aliphatic carbocycles. The monoisotopic (exact) mass is 293 g/mol. The molecule has 1 aromatic heterocycles. The molecule has 0 N–H and O–H groups in total. The molecule has 1 aliphatic heterocycles. The molecule has 0 radical (unpaired) electrons. The van der Waals surface area contributed by atoms with Gasteiger partial charge in [0.25, 0.3) is 0 Å². The standard InChI is InChI=1S/C13H12FN3O2S/c1-17-11(8-4-2-3-5-9(8)14)15-16-13(17)20-10-6-7-19-12(10)18/h2-5,10H,6-7H2,1H3/t10-/m1/s1. The SMILES string of the molecule is Cn1c(S[C@@H]2CCOC2=O)nnc1-c1ccccc1F. The summed E-state index contributed by atoms with van der Waals surface area (Å²) in [5.74, 6) is -0.137. The summed E-state index contributed by atoms with van der Waals surface area (Å²) in [5, 5.41) is 8.36. The highest BCUT2D eigenvalue weighted by Crippen LogP contribution is 2.30. The molecular weight excluding hydrogens is 281 g/mol. The molecule has 2 heterocycles. The Morgan fingerprint density at radius 1 is 1.40 bits per heavy atom. The quantitative estimate of drug-likeness (QED) is 0.810. The maximum absolute atomic E-state index is 13.8. The van der Waals surface area contributed by atoms with Gasteiger partial charge in [-0.05, 0) is 12.1 Å². The maximum atomic E-state index is 13.8. The Hall–Kier alpha value is -1.89. The molecule has 1 aromatic carbocycles. The first-order valence-corrected chi connectivity index (χ1v) is 7.02. The van der Waals surface area contributed by atoms with E-state index in [9.17, 15) is 9.18 Å². The number of esters is 1. The van der Waals surface area contributed by atoms with E-state index in [0.717, 1.165) is 0 Å². The second kappa shape index (κ2) is 5.24. The number of benzene rings is 1. The Bertz CT molecular complexity index is 659. The van der Waals surface area contributed by atoms with Crippen LogP contribution in [0.5, 0.6) is 0 Å². The summed E-state index contributed by atoms with van der Waals surface area (Å²) in [4.78, 5) is 11.5. The number of ether oxygens (including phenoxy) is 1. The molecule has 0 spiro atoms. The van der Waals surface area contributed by atoms with Crippen molar-refractivity contribution >= 4 is 17.7 Å². The number of carbonyl (C=O) groups is 1. The Morgan fingerprint density at radius 3 is 2.90 bits per heavy atom. The fourth-order valence-corrected chi connectivity index (χ4v) is 2.97. The summed E-state index contributed by atoms with van der Waals surface area (Å²) < 4.78 is 20.4. The molecule has 0 unspecified atom stereocenters. The number of hydrogen-bond acceptors (Lipinski definition) is 5. The zero-order valence-corrected chi connectivity index (χ0v) is 11.6. The van der Waals surface area contributed by atoms with E-state index in [1.54, 1.807) is 29.8 Å². The van der Waals surface area contributed by atoms with Gasteiger partial charge in [-0.2, -0.15) is 0 Å². The van der Waals surface area contributed by atoms with Crippen LogP contribution in [0.15, 0.2) is 29.4 Å². The minimum Gasteiger partial charge on any atom is -0.465 e. The largest absolute Gasteiger partial charge is 0.465 e. The van der Waals surface area contributed by atoms with Gasteiger partial charge in [0.2, 0.25) is 0 Å². The number of thioether (sulfide) groups is 1. The molecule has 1 atom stereocenters. The van der Waals surface area contributed by atoms with Crippen molar-refractivity contribution in [1.82, 2.24) is 14.8 Å². The molecule has 3 rings (SSSR count). The number of carbonyl (C=O) groups excluding carboxylic acids is 1. The van der Waals surface area contributed by atoms with Crippen LogP contribution in [-0.2, 0) is 16.6 Å². The van der Waals surface area contributed by atoms with Crippen LogP contribution in [0, 0.1) is 5.82 Å². The fraction of sp³-hybridized carbons (Fsp3) is 0.308. The van der Waals surface area contributed by atoms with E-state index in [4.69, 9.17) is 4.74 Å². The van der Waals surface area contributed by atoms with Crippen LogP contribution in [0.25, 0.3) is 11.4 Å². The predicted octanol–water partition coefficient (Wildman–Crippen LogP) is 2.03. The minimum absolute atomic E-state index is 0.231. The molecule has 1 aliphatic rings. The number of halogens is 1. The van der Waals surface area contributed by atoms with Crippen molar-refractivity contribution in [3.05, 3.63) is 30.1 Å². The molecule has 0 saturated carbocycles. The van der Waals surface area contributed by atoms with Crippen molar-refractivity contribution in [2.75, 3.05) is 6.61 Å². The molecule has 0 amide bonds. The van der Waals surface area contributed by atoms with Gasteiger partial charge in [0.1, 0.15) is 11.1 Å². The van der Waals surface area contributed by atoms with E-state index in [1.165, 1.54) is 17.8 Å². The zero-order valence-electron chi connectivity index (χ0n) is 10.7. The predicted molar refractivity (Wildman–Crippen MR) is 71.6 cm³/mol. The van der Waals surface area contributed by atoms with Crippen LogP contribution in [0.4, 0.5) is 4.39 Å².